The van der Waals surface area contributed by atoms with E-state index in [0.717, 1.165) is 26.2 Å². The predicted molar refractivity (Wildman–Crippen MR) is 63.5 cm³/mol. The van der Waals surface area contributed by atoms with Crippen LogP contribution in [0.4, 0.5) is 13.2 Å². The SMILES string of the molecule is COC(=O)c1ccc(C=O)c(OS(=O)(=O)C(F)(F)F)c1C. The predicted octanol–water partition coefficient (Wildman–Crippen LogP) is 1.82. The van der Waals surface area contributed by atoms with E-state index in [-0.39, 0.29) is 17.4 Å². The summed E-state index contributed by atoms with van der Waals surface area (Å²) in [5.74, 6) is -1.79. The van der Waals surface area contributed by atoms with Gasteiger partial charge in [-0.1, -0.05) is 0 Å². The molecule has 0 radical (unpaired) electrons. The molecule has 0 aliphatic carbocycles. The molecule has 0 amide bonds. The van der Waals surface area contributed by atoms with Crippen molar-refractivity contribution in [2.75, 3.05) is 7.11 Å². The van der Waals surface area contributed by atoms with Gasteiger partial charge in [-0.2, -0.15) is 21.6 Å². The fourth-order valence-corrected chi connectivity index (χ4v) is 1.94. The summed E-state index contributed by atoms with van der Waals surface area (Å²) in [6, 6.07) is 2.06. The zero-order valence-corrected chi connectivity index (χ0v) is 11.5. The molecule has 6 nitrogen and oxygen atoms in total. The van der Waals surface area contributed by atoms with E-state index in [1.54, 1.807) is 0 Å². The topological polar surface area (TPSA) is 86.7 Å². The van der Waals surface area contributed by atoms with Crippen molar-refractivity contribution in [3.05, 3.63) is 28.8 Å². The van der Waals surface area contributed by atoms with Gasteiger partial charge in [0, 0.05) is 5.56 Å². The molecule has 0 unspecified atom stereocenters. The van der Waals surface area contributed by atoms with Gasteiger partial charge in [0.15, 0.2) is 12.0 Å². The highest BCUT2D eigenvalue weighted by molar-refractivity contribution is 7.88. The number of benzene rings is 1. The first-order valence-electron chi connectivity index (χ1n) is 5.23. The fraction of sp³-hybridized carbons (Fsp3) is 0.273. The summed E-state index contributed by atoms with van der Waals surface area (Å²) in [6.07, 6.45) is 0.106. The van der Waals surface area contributed by atoms with Crippen LogP contribution in [0.5, 0.6) is 5.75 Å². The summed E-state index contributed by atoms with van der Waals surface area (Å²) < 4.78 is 67.3. The van der Waals surface area contributed by atoms with Gasteiger partial charge >= 0.3 is 21.6 Å². The van der Waals surface area contributed by atoms with Gasteiger partial charge in [-0.3, -0.25) is 4.79 Å². The molecular weight excluding hydrogens is 317 g/mol. The van der Waals surface area contributed by atoms with Crippen LogP contribution in [0.25, 0.3) is 0 Å². The molecule has 1 aromatic rings. The van der Waals surface area contributed by atoms with Gasteiger partial charge in [-0.15, -0.1) is 0 Å². The van der Waals surface area contributed by atoms with Crippen LogP contribution < -0.4 is 4.18 Å². The molecule has 0 aliphatic rings. The Hall–Kier alpha value is -2.10. The van der Waals surface area contributed by atoms with Gasteiger partial charge in [0.25, 0.3) is 0 Å². The second-order valence-electron chi connectivity index (χ2n) is 3.75. The van der Waals surface area contributed by atoms with Gasteiger partial charge in [-0.25, -0.2) is 4.79 Å². The lowest BCUT2D eigenvalue weighted by molar-refractivity contribution is -0.0500. The third kappa shape index (κ3) is 3.32. The minimum Gasteiger partial charge on any atom is -0.465 e. The number of esters is 1. The summed E-state index contributed by atoms with van der Waals surface area (Å²) in [6.45, 7) is 1.13. The number of methoxy groups -OCH3 is 1. The van der Waals surface area contributed by atoms with Gasteiger partial charge in [0.1, 0.15) is 0 Å². The van der Waals surface area contributed by atoms with Crippen LogP contribution in [0.15, 0.2) is 12.1 Å². The van der Waals surface area contributed by atoms with E-state index in [0.29, 0.717) is 0 Å². The first-order valence-corrected chi connectivity index (χ1v) is 6.64. The van der Waals surface area contributed by atoms with Crippen LogP contribution >= 0.6 is 0 Å². The Morgan fingerprint density at radius 3 is 2.29 bits per heavy atom. The Morgan fingerprint density at radius 2 is 1.86 bits per heavy atom. The van der Waals surface area contributed by atoms with E-state index in [1.165, 1.54) is 0 Å². The van der Waals surface area contributed by atoms with Crippen molar-refractivity contribution in [2.45, 2.75) is 12.4 Å². The maximum atomic E-state index is 12.3. The molecule has 0 N–H and O–H groups in total. The van der Waals surface area contributed by atoms with E-state index in [9.17, 15) is 31.2 Å². The molecule has 1 rings (SSSR count). The molecule has 0 atom stereocenters. The van der Waals surface area contributed by atoms with Gasteiger partial charge < -0.3 is 8.92 Å². The molecule has 0 saturated carbocycles. The highest BCUT2D eigenvalue weighted by atomic mass is 32.2. The Bertz CT molecular complexity index is 678. The van der Waals surface area contributed by atoms with Crippen molar-refractivity contribution in [1.29, 1.82) is 0 Å². The molecule has 0 fully saturated rings. The summed E-state index contributed by atoms with van der Waals surface area (Å²) in [7, 11) is -4.94. The third-order valence-electron chi connectivity index (χ3n) is 2.45. The molecule has 1 aromatic carbocycles. The average Bonchev–Trinajstić information content (AvgIpc) is 2.38. The number of carbonyl (C=O) groups excluding carboxylic acids is 2. The number of hydrogen-bond acceptors (Lipinski definition) is 6. The van der Waals surface area contributed by atoms with Crippen molar-refractivity contribution in [2.24, 2.45) is 0 Å². The van der Waals surface area contributed by atoms with Crippen LogP contribution in [0.1, 0.15) is 26.3 Å². The fourth-order valence-electron chi connectivity index (χ4n) is 1.40. The number of carbonyl (C=O) groups is 2. The van der Waals surface area contributed by atoms with Crippen molar-refractivity contribution < 1.29 is 40.1 Å². The Kier molecular flexibility index (Phi) is 4.62. The summed E-state index contributed by atoms with van der Waals surface area (Å²) in [4.78, 5) is 22.2. The lowest BCUT2D eigenvalue weighted by Gasteiger charge is -2.14. The standard InChI is InChI=1S/C11H9F3O6S/c1-6-8(10(16)19-2)4-3-7(5-15)9(6)20-21(17,18)11(12,13)14/h3-5H,1-2H3. The monoisotopic (exact) mass is 326 g/mol. The third-order valence-corrected chi connectivity index (χ3v) is 3.40. The molecule has 0 spiro atoms. The van der Waals surface area contributed by atoms with Gasteiger partial charge in [0.05, 0.1) is 18.2 Å². The normalized spacial score (nSPS) is 11.9. The number of rotatable bonds is 4. The van der Waals surface area contributed by atoms with E-state index in [4.69, 9.17) is 0 Å². The number of hydrogen-bond donors (Lipinski definition) is 0. The molecule has 116 valence electrons. The zero-order valence-electron chi connectivity index (χ0n) is 10.7. The van der Waals surface area contributed by atoms with Gasteiger partial charge in [-0.05, 0) is 19.1 Å². The Balaban J connectivity index is 3.48. The van der Waals surface area contributed by atoms with Crippen LogP contribution in [0, 0.1) is 6.92 Å². The van der Waals surface area contributed by atoms with Crippen LogP contribution in [0.3, 0.4) is 0 Å². The summed E-state index contributed by atoms with van der Waals surface area (Å²) in [5.41, 5.74) is -6.61. The molecule has 0 bridgehead atoms. The number of aldehydes is 1. The lowest BCUT2D eigenvalue weighted by atomic mass is 10.0. The highest BCUT2D eigenvalue weighted by Gasteiger charge is 2.49. The number of ether oxygens (including phenoxy) is 1. The van der Waals surface area contributed by atoms with Crippen molar-refractivity contribution in [1.82, 2.24) is 0 Å². The summed E-state index contributed by atoms with van der Waals surface area (Å²) in [5, 5.41) is 0. The second-order valence-corrected chi connectivity index (χ2v) is 5.29. The molecule has 0 heterocycles. The molecule has 21 heavy (non-hydrogen) atoms. The quantitative estimate of drug-likeness (QED) is 0.363. The maximum Gasteiger partial charge on any atom is 0.534 e. The summed E-state index contributed by atoms with van der Waals surface area (Å²) >= 11 is 0. The Labute approximate surface area is 117 Å². The molecule has 0 aromatic heterocycles. The molecule has 10 heteroatoms. The van der Waals surface area contributed by atoms with Crippen LogP contribution in [-0.2, 0) is 14.9 Å². The number of alkyl halides is 3. The van der Waals surface area contributed by atoms with E-state index >= 15 is 0 Å². The van der Waals surface area contributed by atoms with Crippen molar-refractivity contribution in [3.8, 4) is 5.75 Å². The lowest BCUT2D eigenvalue weighted by Crippen LogP contribution is -2.29. The molecule has 0 aliphatic heterocycles. The van der Waals surface area contributed by atoms with E-state index in [1.807, 2.05) is 0 Å². The average molecular weight is 326 g/mol. The Morgan fingerprint density at radius 1 is 1.29 bits per heavy atom. The molecular formula is C11H9F3O6S. The smallest absolute Gasteiger partial charge is 0.465 e. The number of halogens is 3. The highest BCUT2D eigenvalue weighted by Crippen LogP contribution is 2.32. The minimum absolute atomic E-state index is 0.106. The maximum absolute atomic E-state index is 12.3. The van der Waals surface area contributed by atoms with Crippen molar-refractivity contribution >= 4 is 22.4 Å². The van der Waals surface area contributed by atoms with Crippen LogP contribution in [-0.4, -0.2) is 33.3 Å². The first-order chi connectivity index (χ1) is 9.55. The largest absolute Gasteiger partial charge is 0.534 e. The minimum atomic E-state index is -5.97. The van der Waals surface area contributed by atoms with Crippen molar-refractivity contribution in [3.63, 3.8) is 0 Å². The molecule has 0 saturated heterocycles. The second kappa shape index (κ2) is 5.72. The van der Waals surface area contributed by atoms with Crippen LogP contribution in [0.2, 0.25) is 0 Å². The zero-order chi connectivity index (χ0) is 16.4. The first kappa shape index (κ1) is 17.0. The van der Waals surface area contributed by atoms with E-state index < -0.39 is 32.9 Å². The van der Waals surface area contributed by atoms with E-state index in [2.05, 4.69) is 8.92 Å². The van der Waals surface area contributed by atoms with Gasteiger partial charge in [0.2, 0.25) is 0 Å².